The van der Waals surface area contributed by atoms with E-state index in [1.165, 1.54) is 4.90 Å². The van der Waals surface area contributed by atoms with E-state index in [9.17, 15) is 9.18 Å². The smallest absolute Gasteiger partial charge is 0.391 e. The summed E-state index contributed by atoms with van der Waals surface area (Å²) in [6.45, 7) is 0.794. The molecule has 0 unspecified atom stereocenters. The van der Waals surface area contributed by atoms with Gasteiger partial charge in [-0.2, -0.15) is 0 Å². The van der Waals surface area contributed by atoms with Gasteiger partial charge >= 0.3 is 6.09 Å². The van der Waals surface area contributed by atoms with Crippen LogP contribution in [-0.2, 0) is 0 Å². The van der Waals surface area contributed by atoms with Crippen LogP contribution in [0.15, 0.2) is 22.8 Å². The largest absolute Gasteiger partial charge is 0.416 e. The summed E-state index contributed by atoms with van der Waals surface area (Å²) in [7, 11) is 0. The van der Waals surface area contributed by atoms with Gasteiger partial charge in [0.05, 0.1) is 0 Å². The van der Waals surface area contributed by atoms with E-state index in [0.717, 1.165) is 0 Å². The molecule has 1 amide bonds. The Hall–Kier alpha value is -1.17. The molecule has 0 aliphatic carbocycles. The lowest BCUT2D eigenvalue weighted by Crippen LogP contribution is -2.40. The summed E-state index contributed by atoms with van der Waals surface area (Å²) in [6, 6.07) is 5.07. The third kappa shape index (κ3) is 3.39. The minimum Gasteiger partial charge on any atom is -0.391 e. The van der Waals surface area contributed by atoms with Crippen molar-refractivity contribution in [3.05, 3.63) is 22.8 Å². The van der Waals surface area contributed by atoms with E-state index < -0.39 is 12.3 Å². The summed E-state index contributed by atoms with van der Waals surface area (Å²) in [5.74, 6) is 0.242. The van der Waals surface area contributed by atoms with Gasteiger partial charge in [-0.05, 0) is 34.8 Å². The van der Waals surface area contributed by atoms with Gasteiger partial charge in [0.15, 0.2) is 0 Å². The van der Waals surface area contributed by atoms with Crippen LogP contribution in [0.4, 0.5) is 9.18 Å². The van der Waals surface area contributed by atoms with Crippen molar-refractivity contribution in [2.75, 3.05) is 13.1 Å². The number of aromatic nitrogens is 1. The second-order valence-electron chi connectivity index (χ2n) is 3.83. The molecular weight excluding hydrogens is 291 g/mol. The lowest BCUT2D eigenvalue weighted by atomic mass is 10.1. The zero-order chi connectivity index (χ0) is 12.3. The summed E-state index contributed by atoms with van der Waals surface area (Å²) < 4.78 is 18.6. The summed E-state index contributed by atoms with van der Waals surface area (Å²) in [6.07, 6.45) is -0.521. The molecule has 92 valence electrons. The highest BCUT2D eigenvalue weighted by Gasteiger charge is 2.23. The molecule has 0 saturated carbocycles. The second kappa shape index (κ2) is 5.44. The molecule has 1 fully saturated rings. The number of amides is 1. The summed E-state index contributed by atoms with van der Waals surface area (Å²) >= 11 is 3.19. The van der Waals surface area contributed by atoms with E-state index in [2.05, 4.69) is 20.9 Å². The number of carbonyl (C=O) groups is 1. The Balaban J connectivity index is 1.93. The minimum absolute atomic E-state index is 0.242. The summed E-state index contributed by atoms with van der Waals surface area (Å²) in [5, 5.41) is 0. The molecule has 4 nitrogen and oxygen atoms in total. The number of rotatable bonds is 1. The zero-order valence-corrected chi connectivity index (χ0v) is 10.7. The van der Waals surface area contributed by atoms with Crippen LogP contribution in [0, 0.1) is 0 Å². The molecule has 0 N–H and O–H groups in total. The molecule has 0 aromatic carbocycles. The third-order valence-electron chi connectivity index (χ3n) is 2.56. The topological polar surface area (TPSA) is 42.4 Å². The van der Waals surface area contributed by atoms with Crippen LogP contribution in [0.5, 0.6) is 5.88 Å². The van der Waals surface area contributed by atoms with E-state index in [0.29, 0.717) is 30.5 Å². The Bertz CT molecular complexity index is 408. The van der Waals surface area contributed by atoms with Crippen molar-refractivity contribution in [1.29, 1.82) is 0 Å². The molecule has 2 rings (SSSR count). The molecule has 0 bridgehead atoms. The molecule has 0 atom stereocenters. The standard InChI is InChI=1S/C11H12BrFN2O2/c12-9-2-1-3-10(14-9)17-11(16)15-6-4-8(13)5-7-15/h1-3,8H,4-7H2. The van der Waals surface area contributed by atoms with E-state index in [1.54, 1.807) is 18.2 Å². The number of likely N-dealkylation sites (tertiary alicyclic amines) is 1. The highest BCUT2D eigenvalue weighted by molar-refractivity contribution is 9.10. The minimum atomic E-state index is -0.803. The van der Waals surface area contributed by atoms with Crippen LogP contribution >= 0.6 is 15.9 Å². The Labute approximate surface area is 107 Å². The van der Waals surface area contributed by atoms with Crippen LogP contribution in [0.2, 0.25) is 0 Å². The molecule has 0 spiro atoms. The average molecular weight is 303 g/mol. The predicted molar refractivity (Wildman–Crippen MR) is 63.7 cm³/mol. The zero-order valence-electron chi connectivity index (χ0n) is 9.10. The van der Waals surface area contributed by atoms with Gasteiger partial charge in [0, 0.05) is 19.2 Å². The Morgan fingerprint density at radius 2 is 2.18 bits per heavy atom. The van der Waals surface area contributed by atoms with Crippen molar-refractivity contribution >= 4 is 22.0 Å². The Kier molecular flexibility index (Phi) is 3.93. The van der Waals surface area contributed by atoms with E-state index >= 15 is 0 Å². The van der Waals surface area contributed by atoms with Gasteiger partial charge in [-0.3, -0.25) is 0 Å². The highest BCUT2D eigenvalue weighted by Crippen LogP contribution is 2.16. The number of pyridine rings is 1. The molecule has 1 aliphatic rings. The molecule has 1 aromatic heterocycles. The number of hydrogen-bond acceptors (Lipinski definition) is 3. The second-order valence-corrected chi connectivity index (χ2v) is 4.64. The van der Waals surface area contributed by atoms with Crippen LogP contribution in [0.3, 0.4) is 0 Å². The van der Waals surface area contributed by atoms with E-state index in [4.69, 9.17) is 4.74 Å². The first-order valence-corrected chi connectivity index (χ1v) is 6.18. The van der Waals surface area contributed by atoms with Crippen molar-refractivity contribution in [2.24, 2.45) is 0 Å². The Morgan fingerprint density at radius 1 is 1.47 bits per heavy atom. The predicted octanol–water partition coefficient (Wildman–Crippen LogP) is 2.78. The van der Waals surface area contributed by atoms with Crippen molar-refractivity contribution < 1.29 is 13.9 Å². The third-order valence-corrected chi connectivity index (χ3v) is 3.01. The lowest BCUT2D eigenvalue weighted by Gasteiger charge is -2.27. The van der Waals surface area contributed by atoms with Crippen LogP contribution < -0.4 is 4.74 Å². The summed E-state index contributed by atoms with van der Waals surface area (Å²) in [4.78, 5) is 17.2. The molecule has 0 radical (unpaired) electrons. The average Bonchev–Trinajstić information content (AvgIpc) is 2.29. The van der Waals surface area contributed by atoms with Crippen molar-refractivity contribution in [2.45, 2.75) is 19.0 Å². The molecule has 6 heteroatoms. The number of ether oxygens (including phenoxy) is 1. The van der Waals surface area contributed by atoms with Gasteiger partial charge in [-0.25, -0.2) is 14.2 Å². The van der Waals surface area contributed by atoms with Crippen molar-refractivity contribution in [3.63, 3.8) is 0 Å². The Morgan fingerprint density at radius 3 is 2.82 bits per heavy atom. The fraction of sp³-hybridized carbons (Fsp3) is 0.455. The van der Waals surface area contributed by atoms with Gasteiger partial charge in [0.25, 0.3) is 0 Å². The fourth-order valence-corrected chi connectivity index (χ4v) is 1.96. The number of carbonyl (C=O) groups excluding carboxylic acids is 1. The maximum absolute atomic E-state index is 12.9. The maximum Gasteiger partial charge on any atom is 0.416 e. The molecule has 1 saturated heterocycles. The van der Waals surface area contributed by atoms with Gasteiger partial charge in [-0.1, -0.05) is 6.07 Å². The molecule has 1 aliphatic heterocycles. The van der Waals surface area contributed by atoms with Crippen molar-refractivity contribution in [1.82, 2.24) is 9.88 Å². The van der Waals surface area contributed by atoms with Gasteiger partial charge in [0.1, 0.15) is 10.8 Å². The molecular formula is C11H12BrFN2O2. The van der Waals surface area contributed by atoms with Gasteiger partial charge in [-0.15, -0.1) is 0 Å². The van der Waals surface area contributed by atoms with Crippen LogP contribution in [0.25, 0.3) is 0 Å². The van der Waals surface area contributed by atoms with Crippen molar-refractivity contribution in [3.8, 4) is 5.88 Å². The number of piperidine rings is 1. The van der Waals surface area contributed by atoms with Gasteiger partial charge in [0.2, 0.25) is 5.88 Å². The molecule has 1 aromatic rings. The lowest BCUT2D eigenvalue weighted by molar-refractivity contribution is 0.119. The first kappa shape index (κ1) is 12.3. The maximum atomic E-state index is 12.9. The normalized spacial score (nSPS) is 16.9. The molecule has 2 heterocycles. The highest BCUT2D eigenvalue weighted by atomic mass is 79.9. The number of halogens is 2. The van der Waals surface area contributed by atoms with Crippen LogP contribution in [0.1, 0.15) is 12.8 Å². The van der Waals surface area contributed by atoms with E-state index in [1.807, 2.05) is 0 Å². The monoisotopic (exact) mass is 302 g/mol. The number of nitrogens with zero attached hydrogens (tertiary/aromatic N) is 2. The fourth-order valence-electron chi connectivity index (χ4n) is 1.63. The SMILES string of the molecule is O=C(Oc1cccc(Br)n1)N1CCC(F)CC1. The van der Waals surface area contributed by atoms with E-state index in [-0.39, 0.29) is 5.88 Å². The van der Waals surface area contributed by atoms with Crippen LogP contribution in [-0.4, -0.2) is 35.2 Å². The quantitative estimate of drug-likeness (QED) is 0.749. The first-order chi connectivity index (χ1) is 8.15. The van der Waals surface area contributed by atoms with Gasteiger partial charge < -0.3 is 9.64 Å². The number of hydrogen-bond donors (Lipinski definition) is 0. The number of alkyl halides is 1. The first-order valence-electron chi connectivity index (χ1n) is 5.38. The molecule has 17 heavy (non-hydrogen) atoms. The summed E-state index contributed by atoms with van der Waals surface area (Å²) in [5.41, 5.74) is 0.